The van der Waals surface area contributed by atoms with E-state index in [-0.39, 0.29) is 5.41 Å². The van der Waals surface area contributed by atoms with Gasteiger partial charge in [-0.15, -0.1) is 0 Å². The topological polar surface area (TPSA) is 89.9 Å². The van der Waals surface area contributed by atoms with E-state index in [1.54, 1.807) is 16.5 Å². The molecule has 0 atom stereocenters. The average Bonchev–Trinajstić information content (AvgIpc) is 2.65. The molecule has 150 valence electrons. The van der Waals surface area contributed by atoms with Crippen molar-refractivity contribution in [3.63, 3.8) is 0 Å². The second-order valence-electron chi connectivity index (χ2n) is 9.11. The highest BCUT2D eigenvalue weighted by Gasteiger charge is 2.51. The summed E-state index contributed by atoms with van der Waals surface area (Å²) in [5.74, 6) is 1.84. The van der Waals surface area contributed by atoms with Gasteiger partial charge in [0.15, 0.2) is 0 Å². The summed E-state index contributed by atoms with van der Waals surface area (Å²) in [6.45, 7) is 1.03. The molecular weight excluding hydrogens is 356 g/mol. The van der Waals surface area contributed by atoms with Crippen LogP contribution < -0.4 is 5.48 Å². The first-order valence-corrected chi connectivity index (χ1v) is 10.1. The second-order valence-corrected chi connectivity index (χ2v) is 9.11. The normalized spacial score (nSPS) is 30.5. The summed E-state index contributed by atoms with van der Waals surface area (Å²) < 4.78 is 0. The van der Waals surface area contributed by atoms with Crippen molar-refractivity contribution in [3.05, 3.63) is 41.5 Å². The molecule has 4 saturated carbocycles. The zero-order valence-corrected chi connectivity index (χ0v) is 16.0. The van der Waals surface area contributed by atoms with Gasteiger partial charge in [0.1, 0.15) is 0 Å². The lowest BCUT2D eigenvalue weighted by molar-refractivity contribution is -0.124. The third-order valence-electron chi connectivity index (χ3n) is 6.85. The van der Waals surface area contributed by atoms with Crippen LogP contribution in [-0.2, 0) is 11.3 Å². The van der Waals surface area contributed by atoms with Gasteiger partial charge in [-0.05, 0) is 78.9 Å². The van der Waals surface area contributed by atoms with E-state index in [0.717, 1.165) is 28.9 Å². The largest absolute Gasteiger partial charge is 0.465 e. The summed E-state index contributed by atoms with van der Waals surface area (Å²) in [7, 11) is 0. The summed E-state index contributed by atoms with van der Waals surface area (Å²) in [4.78, 5) is 24.6. The Hall–Kier alpha value is -2.34. The highest BCUT2D eigenvalue weighted by molar-refractivity contribution is 5.90. The number of amides is 2. The Morgan fingerprint density at radius 3 is 2.14 bits per heavy atom. The van der Waals surface area contributed by atoms with Gasteiger partial charge in [0, 0.05) is 19.2 Å². The van der Waals surface area contributed by atoms with Gasteiger partial charge in [0.25, 0.3) is 5.91 Å². The first kappa shape index (κ1) is 19.0. The van der Waals surface area contributed by atoms with Gasteiger partial charge in [-0.1, -0.05) is 24.3 Å². The van der Waals surface area contributed by atoms with Crippen molar-refractivity contribution in [2.75, 3.05) is 6.54 Å². The van der Waals surface area contributed by atoms with E-state index in [9.17, 15) is 14.7 Å². The number of hydrogen-bond acceptors (Lipinski definition) is 3. The van der Waals surface area contributed by atoms with Crippen molar-refractivity contribution >= 4 is 18.1 Å². The van der Waals surface area contributed by atoms with Gasteiger partial charge >= 0.3 is 6.09 Å². The molecule has 0 aromatic heterocycles. The van der Waals surface area contributed by atoms with E-state index in [1.807, 2.05) is 24.3 Å². The summed E-state index contributed by atoms with van der Waals surface area (Å²) in [6, 6.07) is 7.49. The Balaban J connectivity index is 1.42. The van der Waals surface area contributed by atoms with Gasteiger partial charge in [-0.25, -0.2) is 10.3 Å². The fourth-order valence-electron chi connectivity index (χ4n) is 6.24. The van der Waals surface area contributed by atoms with Crippen molar-refractivity contribution in [3.8, 4) is 0 Å². The molecule has 2 amide bonds. The fraction of sp³-hybridized carbons (Fsp3) is 0.545. The maximum Gasteiger partial charge on any atom is 0.407 e. The maximum atomic E-state index is 12.0. The van der Waals surface area contributed by atoms with Crippen LogP contribution in [0.5, 0.6) is 0 Å². The van der Waals surface area contributed by atoms with E-state index in [0.29, 0.717) is 13.1 Å². The van der Waals surface area contributed by atoms with Crippen LogP contribution in [0.4, 0.5) is 4.79 Å². The van der Waals surface area contributed by atoms with Crippen LogP contribution in [0.15, 0.2) is 30.3 Å². The van der Waals surface area contributed by atoms with E-state index >= 15 is 0 Å². The number of benzene rings is 1. The van der Waals surface area contributed by atoms with E-state index in [2.05, 4.69) is 0 Å². The lowest BCUT2D eigenvalue weighted by atomic mass is 9.49. The van der Waals surface area contributed by atoms with Gasteiger partial charge in [-0.2, -0.15) is 0 Å². The number of hydroxylamine groups is 1. The highest BCUT2D eigenvalue weighted by atomic mass is 16.5. The lowest BCUT2D eigenvalue weighted by Crippen LogP contribution is -2.51. The van der Waals surface area contributed by atoms with Crippen molar-refractivity contribution < 1.29 is 19.9 Å². The van der Waals surface area contributed by atoms with E-state index in [4.69, 9.17) is 5.21 Å². The van der Waals surface area contributed by atoms with Crippen LogP contribution in [0.2, 0.25) is 0 Å². The number of carbonyl (C=O) groups excluding carboxylic acids is 1. The summed E-state index contributed by atoms with van der Waals surface area (Å²) in [5.41, 5.74) is 3.49. The minimum absolute atomic E-state index is 0.188. The molecule has 0 spiro atoms. The average molecular weight is 384 g/mol. The van der Waals surface area contributed by atoms with Crippen LogP contribution >= 0.6 is 0 Å². The van der Waals surface area contributed by atoms with Crippen LogP contribution in [0, 0.1) is 23.2 Å². The summed E-state index contributed by atoms with van der Waals surface area (Å²) in [6.07, 6.45) is 9.64. The number of nitrogens with one attached hydrogen (secondary N) is 1. The van der Waals surface area contributed by atoms with Gasteiger partial charge < -0.3 is 10.0 Å². The standard InChI is InChI=1S/C22H28N2O4/c25-20(23-28)6-5-15-1-3-16(4-2-15)13-24(21(26)27)14-22-10-17-7-18(11-22)9-19(8-17)12-22/h1-6,17-19,28H,7-14H2,(H,23,25)(H,26,27)/b6-5+. The SMILES string of the molecule is O=C(/C=C/c1ccc(CN(CC23CC4CC(CC(C4)C2)C3)C(=O)O)cc1)NO. The van der Waals surface area contributed by atoms with Crippen LogP contribution in [0.25, 0.3) is 6.08 Å². The van der Waals surface area contributed by atoms with Crippen LogP contribution in [0.3, 0.4) is 0 Å². The van der Waals surface area contributed by atoms with Gasteiger partial charge in [0.05, 0.1) is 0 Å². The maximum absolute atomic E-state index is 12.0. The third-order valence-corrected chi connectivity index (χ3v) is 6.85. The molecule has 5 rings (SSSR count). The molecule has 0 heterocycles. The number of carbonyl (C=O) groups is 2. The monoisotopic (exact) mass is 384 g/mol. The first-order valence-electron chi connectivity index (χ1n) is 10.1. The highest BCUT2D eigenvalue weighted by Crippen LogP contribution is 2.60. The van der Waals surface area contributed by atoms with Crippen molar-refractivity contribution in [2.24, 2.45) is 23.2 Å². The van der Waals surface area contributed by atoms with Gasteiger partial charge in [0.2, 0.25) is 0 Å². The zero-order valence-electron chi connectivity index (χ0n) is 16.0. The fourth-order valence-corrected chi connectivity index (χ4v) is 6.24. The van der Waals surface area contributed by atoms with Crippen molar-refractivity contribution in [2.45, 2.75) is 45.1 Å². The Kier molecular flexibility index (Phi) is 5.15. The van der Waals surface area contributed by atoms with Crippen LogP contribution in [-0.4, -0.2) is 33.8 Å². The Bertz CT molecular complexity index is 736. The second kappa shape index (κ2) is 7.59. The molecule has 1 aromatic carbocycles. The minimum atomic E-state index is -0.848. The quantitative estimate of drug-likeness (QED) is 0.394. The van der Waals surface area contributed by atoms with Crippen molar-refractivity contribution in [1.82, 2.24) is 10.4 Å². The summed E-state index contributed by atoms with van der Waals surface area (Å²) >= 11 is 0. The molecule has 3 N–H and O–H groups in total. The molecule has 28 heavy (non-hydrogen) atoms. The first-order chi connectivity index (χ1) is 13.4. The Labute approximate surface area is 165 Å². The molecule has 0 unspecified atom stereocenters. The molecule has 0 aliphatic heterocycles. The summed E-state index contributed by atoms with van der Waals surface area (Å²) in [5, 5.41) is 18.3. The number of rotatable bonds is 6. The molecule has 4 bridgehead atoms. The predicted octanol–water partition coefficient (Wildman–Crippen LogP) is 3.90. The minimum Gasteiger partial charge on any atom is -0.465 e. The smallest absolute Gasteiger partial charge is 0.407 e. The number of nitrogens with zero attached hydrogens (tertiary/aromatic N) is 1. The molecule has 4 aliphatic rings. The van der Waals surface area contributed by atoms with Gasteiger partial charge in [-0.3, -0.25) is 10.0 Å². The number of hydrogen-bond donors (Lipinski definition) is 3. The predicted molar refractivity (Wildman–Crippen MR) is 104 cm³/mol. The molecule has 4 fully saturated rings. The van der Waals surface area contributed by atoms with E-state index in [1.165, 1.54) is 44.6 Å². The molecule has 6 heteroatoms. The molecular formula is C22H28N2O4. The molecule has 0 saturated heterocycles. The Morgan fingerprint density at radius 2 is 1.64 bits per heavy atom. The molecule has 6 nitrogen and oxygen atoms in total. The third kappa shape index (κ3) is 4.07. The van der Waals surface area contributed by atoms with Crippen LogP contribution in [0.1, 0.15) is 49.7 Å². The lowest BCUT2D eigenvalue weighted by Gasteiger charge is -2.57. The van der Waals surface area contributed by atoms with E-state index < -0.39 is 12.0 Å². The van der Waals surface area contributed by atoms with Crippen molar-refractivity contribution in [1.29, 1.82) is 0 Å². The molecule has 1 aromatic rings. The number of carboxylic acid groups (broad SMARTS) is 1. The molecule has 0 radical (unpaired) electrons. The Morgan fingerprint density at radius 1 is 1.07 bits per heavy atom. The molecule has 4 aliphatic carbocycles. The zero-order chi connectivity index (χ0) is 19.7.